The molecule has 0 aliphatic heterocycles. The molecule has 0 atom stereocenters. The van der Waals surface area contributed by atoms with Crippen molar-refractivity contribution < 1.29 is 0 Å². The van der Waals surface area contributed by atoms with Crippen molar-refractivity contribution in [3.63, 3.8) is 0 Å². The number of hydrogen-bond acceptors (Lipinski definition) is 0. The van der Waals surface area contributed by atoms with Crippen molar-refractivity contribution in [2.75, 3.05) is 0 Å². The van der Waals surface area contributed by atoms with Gasteiger partial charge in [0.05, 0.1) is 0 Å². The van der Waals surface area contributed by atoms with Gasteiger partial charge in [-0.2, -0.15) is 0 Å². The molecule has 0 nitrogen and oxygen atoms in total. The standard InChI is InChI=1S/C16H14.C15H12.2C12H12.C8H10.5C2H6/c1-11-7-15-9-13-5-3-4-6-14(13)10-16(15)8-12(11)2;1-11-6-7-14-9-12-4-2-3-5-13(12)10-15(14)8-11;1-9-7-11-5-3-4-6-12(11)8-10(9)2;1-9-7-8-11-5-3-4-6-12(11)10(9)2;1-7-5-3-4-6-8(7)2;5*1-2/h3-10H,1-2H3;2-10H,1H3;2*3-8H,1-2H3;3-6H,1-2H3;5*1-2H3. The summed E-state index contributed by atoms with van der Waals surface area (Å²) < 4.78 is 0. The van der Waals surface area contributed by atoms with E-state index in [2.05, 4.69) is 263 Å². The molecule has 0 radical (unpaired) electrons. The Hall–Kier alpha value is -7.02. The van der Waals surface area contributed by atoms with Gasteiger partial charge in [0.1, 0.15) is 0 Å². The third kappa shape index (κ3) is 18.5. The van der Waals surface area contributed by atoms with E-state index in [-0.39, 0.29) is 0 Å². The van der Waals surface area contributed by atoms with Crippen LogP contribution in [0.1, 0.15) is 119 Å². The topological polar surface area (TPSA) is 0 Å². The highest BCUT2D eigenvalue weighted by Crippen LogP contribution is 2.26. The van der Waals surface area contributed by atoms with Crippen LogP contribution < -0.4 is 0 Å². The predicted octanol–water partition coefficient (Wildman–Crippen LogP) is 23.3. The SMILES string of the molecule is CC.CC.CC.CC.CC.Cc1cc2cc3ccccc3cc2cc1C.Cc1cc2ccccc2cc1C.Cc1ccc2cc3ccccc3cc2c1.Cc1ccc2ccccc2c1C.Cc1ccccc1C. The summed E-state index contributed by atoms with van der Waals surface area (Å²) in [6.45, 7) is 39.4. The molecule has 11 rings (SSSR count). The Labute approximate surface area is 444 Å². The lowest BCUT2D eigenvalue weighted by molar-refractivity contribution is 1.34. The van der Waals surface area contributed by atoms with E-state index < -0.39 is 0 Å². The van der Waals surface area contributed by atoms with Crippen LogP contribution in [0, 0.1) is 62.3 Å². The van der Waals surface area contributed by atoms with Gasteiger partial charge in [-0.05, 0) is 196 Å². The zero-order chi connectivity index (χ0) is 54.5. The zero-order valence-corrected chi connectivity index (χ0v) is 48.6. The second-order valence-electron chi connectivity index (χ2n) is 17.1. The average Bonchev–Trinajstić information content (AvgIpc) is 3.44. The maximum atomic E-state index is 2.27. The predicted molar refractivity (Wildman–Crippen MR) is 337 cm³/mol. The summed E-state index contributed by atoms with van der Waals surface area (Å²) in [6, 6.07) is 71.4. The second kappa shape index (κ2) is 33.6. The number of aryl methyl sites for hydroxylation is 9. The molecular weight excluding hydrogens is 877 g/mol. The molecule has 0 aliphatic carbocycles. The van der Waals surface area contributed by atoms with Crippen molar-refractivity contribution in [2.24, 2.45) is 0 Å². The van der Waals surface area contributed by atoms with Crippen LogP contribution in [0.4, 0.5) is 0 Å². The van der Waals surface area contributed by atoms with Crippen molar-refractivity contribution >= 4 is 64.6 Å². The Morgan fingerprint density at radius 3 is 0.808 bits per heavy atom. The molecule has 0 aromatic heterocycles. The summed E-state index contributed by atoms with van der Waals surface area (Å²) in [5.74, 6) is 0. The van der Waals surface area contributed by atoms with E-state index in [0.717, 1.165) is 0 Å². The fourth-order valence-electron chi connectivity index (χ4n) is 7.95. The highest BCUT2D eigenvalue weighted by molar-refractivity contribution is 5.99. The highest BCUT2D eigenvalue weighted by Gasteiger charge is 2.02. The molecule has 11 aromatic carbocycles. The van der Waals surface area contributed by atoms with E-state index in [0.29, 0.717) is 0 Å². The Bertz CT molecular complexity index is 3200. The summed E-state index contributed by atoms with van der Waals surface area (Å²) in [5.41, 5.74) is 12.3. The zero-order valence-electron chi connectivity index (χ0n) is 48.6. The van der Waals surface area contributed by atoms with Gasteiger partial charge in [0.2, 0.25) is 0 Å². The third-order valence-electron chi connectivity index (χ3n) is 12.4. The first kappa shape index (κ1) is 62.1. The molecule has 0 heterocycles. The van der Waals surface area contributed by atoms with Gasteiger partial charge >= 0.3 is 0 Å². The Balaban J connectivity index is 0.000000303. The molecule has 0 saturated heterocycles. The monoisotopic (exact) mass is 967 g/mol. The fourth-order valence-corrected chi connectivity index (χ4v) is 7.95. The first-order chi connectivity index (χ1) is 35.4. The summed E-state index contributed by atoms with van der Waals surface area (Å²) in [5, 5.41) is 16.0. The van der Waals surface area contributed by atoms with E-state index in [4.69, 9.17) is 0 Å². The molecule has 0 N–H and O–H groups in total. The lowest BCUT2D eigenvalue weighted by Crippen LogP contribution is -1.82. The van der Waals surface area contributed by atoms with Crippen LogP contribution in [0.25, 0.3) is 64.6 Å². The maximum absolute atomic E-state index is 2.27. The van der Waals surface area contributed by atoms with Crippen LogP contribution in [0.2, 0.25) is 0 Å². The minimum Gasteiger partial charge on any atom is -0.0683 e. The lowest BCUT2D eigenvalue weighted by Gasteiger charge is -2.06. The molecule has 0 bridgehead atoms. The van der Waals surface area contributed by atoms with Crippen LogP contribution >= 0.6 is 0 Å². The molecule has 0 amide bonds. The highest BCUT2D eigenvalue weighted by atomic mass is 14.1. The average molecular weight is 968 g/mol. The number of benzene rings is 11. The number of rotatable bonds is 0. The Morgan fingerprint density at radius 2 is 0.438 bits per heavy atom. The summed E-state index contributed by atoms with van der Waals surface area (Å²) in [4.78, 5) is 0. The number of fused-ring (bicyclic) bond motifs is 6. The lowest BCUT2D eigenvalue weighted by atomic mass is 9.99. The van der Waals surface area contributed by atoms with Crippen molar-refractivity contribution in [3.8, 4) is 0 Å². The maximum Gasteiger partial charge on any atom is -0.0152 e. The normalized spacial score (nSPS) is 9.58. The second-order valence-corrected chi connectivity index (χ2v) is 17.1. The molecular formula is C73H90. The molecule has 382 valence electrons. The quantitative estimate of drug-likeness (QED) is 0.133. The molecule has 11 aromatic rings. The molecule has 0 unspecified atom stereocenters. The van der Waals surface area contributed by atoms with Crippen molar-refractivity contribution in [3.05, 3.63) is 250 Å². The minimum atomic E-state index is 1.31. The van der Waals surface area contributed by atoms with E-state index in [1.165, 1.54) is 115 Å². The largest absolute Gasteiger partial charge is 0.0683 e. The molecule has 0 fully saturated rings. The Kier molecular flexibility index (Phi) is 28.6. The van der Waals surface area contributed by atoms with Crippen LogP contribution in [0.15, 0.2) is 200 Å². The van der Waals surface area contributed by atoms with E-state index in [1.54, 1.807) is 0 Å². The van der Waals surface area contributed by atoms with Gasteiger partial charge in [-0.1, -0.05) is 251 Å². The molecule has 0 saturated carbocycles. The molecule has 0 heteroatoms. The van der Waals surface area contributed by atoms with Gasteiger partial charge in [0.25, 0.3) is 0 Å². The van der Waals surface area contributed by atoms with Crippen molar-refractivity contribution in [2.45, 2.75) is 132 Å². The minimum absolute atomic E-state index is 1.31. The van der Waals surface area contributed by atoms with Crippen LogP contribution in [0.5, 0.6) is 0 Å². The van der Waals surface area contributed by atoms with Crippen molar-refractivity contribution in [1.82, 2.24) is 0 Å². The van der Waals surface area contributed by atoms with E-state index in [9.17, 15) is 0 Å². The van der Waals surface area contributed by atoms with Gasteiger partial charge in [-0.25, -0.2) is 0 Å². The molecule has 73 heavy (non-hydrogen) atoms. The van der Waals surface area contributed by atoms with Crippen molar-refractivity contribution in [1.29, 1.82) is 0 Å². The first-order valence-electron chi connectivity index (χ1n) is 27.2. The van der Waals surface area contributed by atoms with Gasteiger partial charge in [-0.15, -0.1) is 0 Å². The fraction of sp³-hybridized carbons (Fsp3) is 0.260. The van der Waals surface area contributed by atoms with Gasteiger partial charge in [0.15, 0.2) is 0 Å². The van der Waals surface area contributed by atoms with Crippen LogP contribution in [0.3, 0.4) is 0 Å². The molecule has 0 aliphatic rings. The summed E-state index contributed by atoms with van der Waals surface area (Å²) in [6.07, 6.45) is 0. The first-order valence-corrected chi connectivity index (χ1v) is 27.2. The van der Waals surface area contributed by atoms with E-state index in [1.807, 2.05) is 69.2 Å². The van der Waals surface area contributed by atoms with Crippen LogP contribution in [-0.4, -0.2) is 0 Å². The molecule has 0 spiro atoms. The smallest absolute Gasteiger partial charge is 0.0152 e. The van der Waals surface area contributed by atoms with Crippen LogP contribution in [-0.2, 0) is 0 Å². The van der Waals surface area contributed by atoms with Gasteiger partial charge < -0.3 is 0 Å². The third-order valence-corrected chi connectivity index (χ3v) is 12.4. The van der Waals surface area contributed by atoms with Gasteiger partial charge in [-0.3, -0.25) is 0 Å². The Morgan fingerprint density at radius 1 is 0.178 bits per heavy atom. The number of hydrogen-bond donors (Lipinski definition) is 0. The summed E-state index contributed by atoms with van der Waals surface area (Å²) in [7, 11) is 0. The van der Waals surface area contributed by atoms with Gasteiger partial charge in [0, 0.05) is 0 Å². The summed E-state index contributed by atoms with van der Waals surface area (Å²) >= 11 is 0. The van der Waals surface area contributed by atoms with E-state index >= 15 is 0 Å².